The van der Waals surface area contributed by atoms with Gasteiger partial charge >= 0.3 is 0 Å². The number of rotatable bonds is 6. The van der Waals surface area contributed by atoms with E-state index in [2.05, 4.69) is 16.0 Å². The molecule has 126 valence electrons. The molecule has 0 aliphatic carbocycles. The number of hydrogen-bond acceptors (Lipinski definition) is 3. The van der Waals surface area contributed by atoms with Gasteiger partial charge in [-0.2, -0.15) is 0 Å². The van der Waals surface area contributed by atoms with Gasteiger partial charge in [-0.1, -0.05) is 23.2 Å². The standard InChI is InChI=1S/C17H17Cl2N3O2/c1-11(23)21-13-3-5-14(6-4-13)22-17(24)8-9-20-16-10-12(18)2-7-15(16)19/h2-7,10,20H,8-9H2,1H3,(H,21,23)(H,22,24). The van der Waals surface area contributed by atoms with Gasteiger partial charge in [-0.3, -0.25) is 9.59 Å². The van der Waals surface area contributed by atoms with Crippen LogP contribution in [0.15, 0.2) is 42.5 Å². The lowest BCUT2D eigenvalue weighted by molar-refractivity contribution is -0.116. The minimum absolute atomic E-state index is 0.132. The van der Waals surface area contributed by atoms with Gasteiger partial charge < -0.3 is 16.0 Å². The molecule has 0 aliphatic heterocycles. The molecular formula is C17H17Cl2N3O2. The van der Waals surface area contributed by atoms with Crippen molar-refractivity contribution in [1.29, 1.82) is 0 Å². The Morgan fingerprint density at radius 3 is 2.21 bits per heavy atom. The highest BCUT2D eigenvalue weighted by Gasteiger charge is 2.05. The van der Waals surface area contributed by atoms with Crippen molar-refractivity contribution in [2.24, 2.45) is 0 Å². The van der Waals surface area contributed by atoms with Crippen LogP contribution in [0.1, 0.15) is 13.3 Å². The minimum atomic E-state index is -0.141. The molecule has 5 nitrogen and oxygen atoms in total. The Kier molecular flexibility index (Phi) is 6.46. The molecule has 3 N–H and O–H groups in total. The Labute approximate surface area is 150 Å². The molecule has 0 unspecified atom stereocenters. The van der Waals surface area contributed by atoms with E-state index in [0.29, 0.717) is 33.7 Å². The van der Waals surface area contributed by atoms with Crippen molar-refractivity contribution < 1.29 is 9.59 Å². The number of hydrogen-bond donors (Lipinski definition) is 3. The molecule has 0 saturated heterocycles. The molecular weight excluding hydrogens is 349 g/mol. The first-order chi connectivity index (χ1) is 11.4. The summed E-state index contributed by atoms with van der Waals surface area (Å²) in [5, 5.41) is 9.65. The van der Waals surface area contributed by atoms with Gasteiger partial charge in [-0.05, 0) is 42.5 Å². The van der Waals surface area contributed by atoms with Gasteiger partial charge in [0, 0.05) is 36.3 Å². The highest BCUT2D eigenvalue weighted by molar-refractivity contribution is 6.35. The highest BCUT2D eigenvalue weighted by Crippen LogP contribution is 2.25. The van der Waals surface area contributed by atoms with Crippen LogP contribution in [-0.4, -0.2) is 18.4 Å². The summed E-state index contributed by atoms with van der Waals surface area (Å²) in [6.45, 7) is 1.87. The summed E-state index contributed by atoms with van der Waals surface area (Å²) < 4.78 is 0. The topological polar surface area (TPSA) is 70.2 Å². The van der Waals surface area contributed by atoms with E-state index in [4.69, 9.17) is 23.2 Å². The molecule has 2 aromatic rings. The molecule has 7 heteroatoms. The average Bonchev–Trinajstić information content (AvgIpc) is 2.52. The summed E-state index contributed by atoms with van der Waals surface area (Å²) in [5.41, 5.74) is 2.03. The monoisotopic (exact) mass is 365 g/mol. The van der Waals surface area contributed by atoms with Gasteiger partial charge in [0.05, 0.1) is 10.7 Å². The van der Waals surface area contributed by atoms with Crippen molar-refractivity contribution in [3.8, 4) is 0 Å². The van der Waals surface area contributed by atoms with Crippen LogP contribution in [0, 0.1) is 0 Å². The predicted molar refractivity (Wildman–Crippen MR) is 98.9 cm³/mol. The molecule has 0 saturated carbocycles. The van der Waals surface area contributed by atoms with Gasteiger partial charge in [-0.25, -0.2) is 0 Å². The maximum absolute atomic E-state index is 11.9. The Morgan fingerprint density at radius 2 is 1.58 bits per heavy atom. The maximum Gasteiger partial charge on any atom is 0.226 e. The number of anilines is 3. The van der Waals surface area contributed by atoms with E-state index in [1.54, 1.807) is 42.5 Å². The van der Waals surface area contributed by atoms with E-state index in [1.807, 2.05) is 0 Å². The molecule has 0 bridgehead atoms. The van der Waals surface area contributed by atoms with Crippen LogP contribution in [0.3, 0.4) is 0 Å². The lowest BCUT2D eigenvalue weighted by atomic mass is 10.2. The van der Waals surface area contributed by atoms with Crippen LogP contribution < -0.4 is 16.0 Å². The van der Waals surface area contributed by atoms with Crippen LogP contribution in [-0.2, 0) is 9.59 Å². The second kappa shape index (κ2) is 8.57. The zero-order chi connectivity index (χ0) is 17.5. The van der Waals surface area contributed by atoms with Crippen LogP contribution >= 0.6 is 23.2 Å². The van der Waals surface area contributed by atoms with Crippen molar-refractivity contribution in [2.45, 2.75) is 13.3 Å². The molecule has 24 heavy (non-hydrogen) atoms. The van der Waals surface area contributed by atoms with Crippen LogP contribution in [0.2, 0.25) is 10.0 Å². The molecule has 0 radical (unpaired) electrons. The molecule has 2 aromatic carbocycles. The van der Waals surface area contributed by atoms with Crippen molar-refractivity contribution in [2.75, 3.05) is 22.5 Å². The zero-order valence-corrected chi connectivity index (χ0v) is 14.5. The Hall–Kier alpha value is -2.24. The number of carbonyl (C=O) groups excluding carboxylic acids is 2. The van der Waals surface area contributed by atoms with Crippen molar-refractivity contribution in [3.05, 3.63) is 52.5 Å². The number of nitrogens with one attached hydrogen (secondary N) is 3. The Bertz CT molecular complexity index is 733. The lowest BCUT2D eigenvalue weighted by Gasteiger charge is -2.10. The van der Waals surface area contributed by atoms with Crippen LogP contribution in [0.25, 0.3) is 0 Å². The molecule has 0 atom stereocenters. The van der Waals surface area contributed by atoms with Crippen molar-refractivity contribution >= 4 is 52.1 Å². The second-order valence-corrected chi connectivity index (χ2v) is 5.95. The molecule has 2 rings (SSSR count). The van der Waals surface area contributed by atoms with Crippen LogP contribution in [0.5, 0.6) is 0 Å². The third-order valence-electron chi connectivity index (χ3n) is 3.08. The fourth-order valence-corrected chi connectivity index (χ4v) is 2.36. The first kappa shape index (κ1) is 18.1. The summed E-state index contributed by atoms with van der Waals surface area (Å²) in [5.74, 6) is -0.273. The van der Waals surface area contributed by atoms with Gasteiger partial charge in [0.15, 0.2) is 0 Å². The summed E-state index contributed by atoms with van der Waals surface area (Å²) in [7, 11) is 0. The normalized spacial score (nSPS) is 10.1. The van der Waals surface area contributed by atoms with E-state index in [9.17, 15) is 9.59 Å². The number of carbonyl (C=O) groups is 2. The van der Waals surface area contributed by atoms with E-state index < -0.39 is 0 Å². The smallest absolute Gasteiger partial charge is 0.226 e. The fraction of sp³-hybridized carbons (Fsp3) is 0.176. The molecule has 0 aromatic heterocycles. The van der Waals surface area contributed by atoms with E-state index in [1.165, 1.54) is 6.92 Å². The number of benzene rings is 2. The fourth-order valence-electron chi connectivity index (χ4n) is 2.01. The summed E-state index contributed by atoms with van der Waals surface area (Å²) in [6, 6.07) is 12.0. The first-order valence-electron chi connectivity index (χ1n) is 7.30. The predicted octanol–water partition coefficient (Wildman–Crippen LogP) is 4.39. The Morgan fingerprint density at radius 1 is 0.958 bits per heavy atom. The zero-order valence-electron chi connectivity index (χ0n) is 13.0. The largest absolute Gasteiger partial charge is 0.383 e. The van der Waals surface area contributed by atoms with E-state index >= 15 is 0 Å². The molecule has 0 spiro atoms. The van der Waals surface area contributed by atoms with Gasteiger partial charge in [0.2, 0.25) is 11.8 Å². The van der Waals surface area contributed by atoms with E-state index in [0.717, 1.165) is 0 Å². The van der Waals surface area contributed by atoms with E-state index in [-0.39, 0.29) is 18.2 Å². The number of halogens is 2. The van der Waals surface area contributed by atoms with Gasteiger partial charge in [-0.15, -0.1) is 0 Å². The molecule has 0 aliphatic rings. The molecule has 0 heterocycles. The minimum Gasteiger partial charge on any atom is -0.383 e. The van der Waals surface area contributed by atoms with Crippen molar-refractivity contribution in [1.82, 2.24) is 0 Å². The van der Waals surface area contributed by atoms with Crippen molar-refractivity contribution in [3.63, 3.8) is 0 Å². The quantitative estimate of drug-likeness (QED) is 0.710. The summed E-state index contributed by atoms with van der Waals surface area (Å²) in [4.78, 5) is 22.9. The van der Waals surface area contributed by atoms with Crippen LogP contribution in [0.4, 0.5) is 17.1 Å². The maximum atomic E-state index is 11.9. The SMILES string of the molecule is CC(=O)Nc1ccc(NC(=O)CCNc2cc(Cl)ccc2Cl)cc1. The third kappa shape index (κ3) is 5.76. The number of amides is 2. The lowest BCUT2D eigenvalue weighted by Crippen LogP contribution is -2.16. The third-order valence-corrected chi connectivity index (χ3v) is 3.65. The Balaban J connectivity index is 1.80. The average molecular weight is 366 g/mol. The second-order valence-electron chi connectivity index (χ2n) is 5.11. The van der Waals surface area contributed by atoms with Gasteiger partial charge in [0.1, 0.15) is 0 Å². The summed E-state index contributed by atoms with van der Waals surface area (Å²) >= 11 is 11.9. The first-order valence-corrected chi connectivity index (χ1v) is 8.06. The molecule has 0 fully saturated rings. The van der Waals surface area contributed by atoms with Gasteiger partial charge in [0.25, 0.3) is 0 Å². The molecule has 2 amide bonds. The summed E-state index contributed by atoms with van der Waals surface area (Å²) in [6.07, 6.45) is 0.274. The highest BCUT2D eigenvalue weighted by atomic mass is 35.5.